The molecule has 1 aliphatic carbocycles. The second kappa shape index (κ2) is 5.18. The highest BCUT2D eigenvalue weighted by Crippen LogP contribution is 2.21. The van der Waals surface area contributed by atoms with Crippen molar-refractivity contribution in [2.24, 2.45) is 7.05 Å². The van der Waals surface area contributed by atoms with E-state index in [4.69, 9.17) is 4.74 Å². The highest BCUT2D eigenvalue weighted by atomic mass is 16.5. The third-order valence-corrected chi connectivity index (χ3v) is 3.13. The van der Waals surface area contributed by atoms with Crippen molar-refractivity contribution >= 4 is 11.8 Å². The second-order valence-electron chi connectivity index (χ2n) is 4.25. The third kappa shape index (κ3) is 2.76. The molecule has 2 amide bonds. The van der Waals surface area contributed by atoms with Gasteiger partial charge in [-0.2, -0.15) is 5.10 Å². The molecular weight excluding hydrogens is 220 g/mol. The SMILES string of the molecule is CO[C@H]1CCC[C@H]1NC(=O)Nc1ccnn1C. The fourth-order valence-electron chi connectivity index (χ4n) is 2.19. The van der Waals surface area contributed by atoms with Gasteiger partial charge >= 0.3 is 6.03 Å². The molecule has 0 radical (unpaired) electrons. The molecule has 0 unspecified atom stereocenters. The second-order valence-corrected chi connectivity index (χ2v) is 4.25. The lowest BCUT2D eigenvalue weighted by Crippen LogP contribution is -2.43. The van der Waals surface area contributed by atoms with Gasteiger partial charge in [0.2, 0.25) is 0 Å². The van der Waals surface area contributed by atoms with Crippen LogP contribution in [0.2, 0.25) is 0 Å². The van der Waals surface area contributed by atoms with Gasteiger partial charge < -0.3 is 10.1 Å². The maximum atomic E-state index is 11.8. The van der Waals surface area contributed by atoms with Crippen LogP contribution in [-0.2, 0) is 11.8 Å². The third-order valence-electron chi connectivity index (χ3n) is 3.13. The van der Waals surface area contributed by atoms with Crippen LogP contribution in [-0.4, -0.2) is 35.1 Å². The van der Waals surface area contributed by atoms with E-state index in [9.17, 15) is 4.79 Å². The fraction of sp³-hybridized carbons (Fsp3) is 0.636. The van der Waals surface area contributed by atoms with Gasteiger partial charge in [-0.3, -0.25) is 10.00 Å². The van der Waals surface area contributed by atoms with Gasteiger partial charge in [-0.05, 0) is 19.3 Å². The molecule has 0 bridgehead atoms. The first-order valence-electron chi connectivity index (χ1n) is 5.79. The number of anilines is 1. The lowest BCUT2D eigenvalue weighted by atomic mass is 10.2. The summed E-state index contributed by atoms with van der Waals surface area (Å²) in [6.07, 6.45) is 4.84. The van der Waals surface area contributed by atoms with Gasteiger partial charge in [-0.25, -0.2) is 4.79 Å². The smallest absolute Gasteiger partial charge is 0.320 e. The Bertz CT molecular complexity index is 391. The average Bonchev–Trinajstić information content (AvgIpc) is 2.89. The van der Waals surface area contributed by atoms with E-state index in [1.807, 2.05) is 0 Å². The van der Waals surface area contributed by atoms with Crippen molar-refractivity contribution in [3.63, 3.8) is 0 Å². The Labute approximate surface area is 100 Å². The van der Waals surface area contributed by atoms with E-state index >= 15 is 0 Å². The summed E-state index contributed by atoms with van der Waals surface area (Å²) in [5.41, 5.74) is 0. The summed E-state index contributed by atoms with van der Waals surface area (Å²) in [5, 5.41) is 9.67. The Morgan fingerprint density at radius 2 is 2.41 bits per heavy atom. The Kier molecular flexibility index (Phi) is 3.63. The molecule has 1 fully saturated rings. The lowest BCUT2D eigenvalue weighted by molar-refractivity contribution is 0.0882. The Morgan fingerprint density at radius 1 is 1.59 bits per heavy atom. The zero-order chi connectivity index (χ0) is 12.3. The molecule has 2 rings (SSSR count). The molecule has 2 atom stereocenters. The predicted molar refractivity (Wildman–Crippen MR) is 63.8 cm³/mol. The van der Waals surface area contributed by atoms with E-state index in [0.717, 1.165) is 19.3 Å². The van der Waals surface area contributed by atoms with Gasteiger partial charge in [0.05, 0.1) is 18.3 Å². The molecule has 0 aliphatic heterocycles. The number of carbonyl (C=O) groups excluding carboxylic acids is 1. The zero-order valence-corrected chi connectivity index (χ0v) is 10.1. The number of nitrogens with one attached hydrogen (secondary N) is 2. The topological polar surface area (TPSA) is 68.2 Å². The van der Waals surface area contributed by atoms with Gasteiger partial charge in [-0.15, -0.1) is 0 Å². The number of hydrogen-bond donors (Lipinski definition) is 2. The van der Waals surface area contributed by atoms with E-state index in [0.29, 0.717) is 5.82 Å². The number of amides is 2. The van der Waals surface area contributed by atoms with Crippen molar-refractivity contribution in [2.75, 3.05) is 12.4 Å². The normalized spacial score (nSPS) is 23.6. The summed E-state index contributed by atoms with van der Waals surface area (Å²) < 4.78 is 6.94. The molecule has 6 nitrogen and oxygen atoms in total. The zero-order valence-electron chi connectivity index (χ0n) is 10.1. The number of aromatic nitrogens is 2. The van der Waals surface area contributed by atoms with E-state index in [-0.39, 0.29) is 18.2 Å². The molecule has 0 spiro atoms. The van der Waals surface area contributed by atoms with Crippen LogP contribution < -0.4 is 10.6 Å². The summed E-state index contributed by atoms with van der Waals surface area (Å²) in [6, 6.07) is 1.65. The number of methoxy groups -OCH3 is 1. The molecule has 1 aromatic heterocycles. The van der Waals surface area contributed by atoms with Crippen molar-refractivity contribution in [1.82, 2.24) is 15.1 Å². The fourth-order valence-corrected chi connectivity index (χ4v) is 2.19. The highest BCUT2D eigenvalue weighted by molar-refractivity contribution is 5.88. The largest absolute Gasteiger partial charge is 0.379 e. The molecule has 1 aliphatic rings. The van der Waals surface area contributed by atoms with Crippen LogP contribution >= 0.6 is 0 Å². The van der Waals surface area contributed by atoms with Crippen molar-refractivity contribution in [1.29, 1.82) is 0 Å². The van der Waals surface area contributed by atoms with Crippen molar-refractivity contribution in [2.45, 2.75) is 31.4 Å². The lowest BCUT2D eigenvalue weighted by Gasteiger charge is -2.19. The highest BCUT2D eigenvalue weighted by Gasteiger charge is 2.28. The van der Waals surface area contributed by atoms with Crippen LogP contribution in [0.5, 0.6) is 0 Å². The molecule has 1 heterocycles. The number of hydrogen-bond acceptors (Lipinski definition) is 3. The number of aryl methyl sites for hydroxylation is 1. The Morgan fingerprint density at radius 3 is 3.06 bits per heavy atom. The quantitative estimate of drug-likeness (QED) is 0.828. The average molecular weight is 238 g/mol. The van der Waals surface area contributed by atoms with Gasteiger partial charge in [-0.1, -0.05) is 0 Å². The molecule has 17 heavy (non-hydrogen) atoms. The maximum absolute atomic E-state index is 11.8. The standard InChI is InChI=1S/C11H18N4O2/c1-15-10(6-7-12-15)14-11(16)13-8-4-3-5-9(8)17-2/h6-9H,3-5H2,1-2H3,(H2,13,14,16)/t8-,9+/m1/s1. The number of ether oxygens (including phenoxy) is 1. The van der Waals surface area contributed by atoms with Crippen LogP contribution in [0, 0.1) is 0 Å². The summed E-state index contributed by atoms with van der Waals surface area (Å²) in [4.78, 5) is 11.8. The minimum absolute atomic E-state index is 0.105. The van der Waals surface area contributed by atoms with Crippen LogP contribution in [0.25, 0.3) is 0 Å². The minimum Gasteiger partial charge on any atom is -0.379 e. The number of nitrogens with zero attached hydrogens (tertiary/aromatic N) is 2. The Balaban J connectivity index is 1.87. The summed E-state index contributed by atoms with van der Waals surface area (Å²) in [5.74, 6) is 0.675. The summed E-state index contributed by atoms with van der Waals surface area (Å²) in [6.45, 7) is 0. The van der Waals surface area contributed by atoms with E-state index in [1.165, 1.54) is 0 Å². The summed E-state index contributed by atoms with van der Waals surface area (Å²) in [7, 11) is 3.47. The molecule has 6 heteroatoms. The van der Waals surface area contributed by atoms with Crippen molar-refractivity contribution in [3.8, 4) is 0 Å². The van der Waals surface area contributed by atoms with Gasteiger partial charge in [0.15, 0.2) is 0 Å². The first kappa shape index (κ1) is 11.9. The van der Waals surface area contributed by atoms with Crippen molar-refractivity contribution in [3.05, 3.63) is 12.3 Å². The van der Waals surface area contributed by atoms with Crippen LogP contribution in [0.15, 0.2) is 12.3 Å². The van der Waals surface area contributed by atoms with E-state index in [2.05, 4.69) is 15.7 Å². The van der Waals surface area contributed by atoms with Crippen LogP contribution in [0.3, 0.4) is 0 Å². The maximum Gasteiger partial charge on any atom is 0.320 e. The molecule has 2 N–H and O–H groups in total. The van der Waals surface area contributed by atoms with Crippen molar-refractivity contribution < 1.29 is 9.53 Å². The number of urea groups is 1. The first-order chi connectivity index (χ1) is 8.20. The van der Waals surface area contributed by atoms with Gasteiger partial charge in [0.1, 0.15) is 5.82 Å². The first-order valence-corrected chi connectivity index (χ1v) is 5.79. The van der Waals surface area contributed by atoms with E-state index in [1.54, 1.807) is 31.1 Å². The molecular formula is C11H18N4O2. The number of carbonyl (C=O) groups is 1. The monoisotopic (exact) mass is 238 g/mol. The molecule has 1 aromatic rings. The van der Waals surface area contributed by atoms with E-state index < -0.39 is 0 Å². The molecule has 0 aromatic carbocycles. The van der Waals surface area contributed by atoms with Gasteiger partial charge in [0, 0.05) is 20.2 Å². The molecule has 0 saturated heterocycles. The summed E-state index contributed by atoms with van der Waals surface area (Å²) >= 11 is 0. The number of rotatable bonds is 3. The van der Waals surface area contributed by atoms with Crippen LogP contribution in [0.4, 0.5) is 10.6 Å². The molecule has 1 saturated carbocycles. The van der Waals surface area contributed by atoms with Gasteiger partial charge in [0.25, 0.3) is 0 Å². The Hall–Kier alpha value is -1.56. The predicted octanol–water partition coefficient (Wildman–Crippen LogP) is 1.11. The van der Waals surface area contributed by atoms with Crippen LogP contribution in [0.1, 0.15) is 19.3 Å². The molecule has 94 valence electrons. The minimum atomic E-state index is -0.206.